The number of likely N-dealkylation sites (N-methyl/N-ethyl adjacent to an activating group) is 1. The van der Waals surface area contributed by atoms with Gasteiger partial charge in [0.15, 0.2) is 0 Å². The summed E-state index contributed by atoms with van der Waals surface area (Å²) in [5, 5.41) is 5.46. The zero-order chi connectivity index (χ0) is 18.1. The lowest BCUT2D eigenvalue weighted by molar-refractivity contribution is -0.127. The van der Waals surface area contributed by atoms with Crippen LogP contribution in [0.3, 0.4) is 0 Å². The minimum Gasteiger partial charge on any atom is -0.353 e. The minimum atomic E-state index is -0.555. The van der Waals surface area contributed by atoms with Gasteiger partial charge in [-0.1, -0.05) is 39.8 Å². The summed E-state index contributed by atoms with van der Waals surface area (Å²) in [6.45, 7) is 10.3. The van der Waals surface area contributed by atoms with E-state index in [-0.39, 0.29) is 30.0 Å². The number of hydrogen-bond donors (Lipinski definition) is 2. The summed E-state index contributed by atoms with van der Waals surface area (Å²) in [5.41, 5.74) is 0.00650. The molecule has 0 unspecified atom stereocenters. The molecular weight excluding hydrogens is 309 g/mol. The second-order valence-electron chi connectivity index (χ2n) is 5.94. The zero-order valence-corrected chi connectivity index (χ0v) is 14.9. The maximum Gasteiger partial charge on any atom is 0.254 e. The fourth-order valence-corrected chi connectivity index (χ4v) is 2.71. The van der Waals surface area contributed by atoms with Crippen molar-refractivity contribution in [2.45, 2.75) is 33.7 Å². The quantitative estimate of drug-likeness (QED) is 0.678. The Hall–Kier alpha value is -1.95. The largest absolute Gasteiger partial charge is 0.353 e. The predicted octanol–water partition coefficient (Wildman–Crippen LogP) is 2.04. The lowest BCUT2D eigenvalue weighted by Gasteiger charge is -2.31. The SMILES string of the molecule is CCN(CC)[C@@H](C(=O)NCCNC(=O)c1ccccc1F)C(C)C. The van der Waals surface area contributed by atoms with E-state index in [2.05, 4.69) is 15.5 Å². The van der Waals surface area contributed by atoms with E-state index in [0.29, 0.717) is 6.54 Å². The van der Waals surface area contributed by atoms with Crippen LogP contribution in [0.25, 0.3) is 0 Å². The number of hydrogen-bond acceptors (Lipinski definition) is 3. The molecule has 0 saturated heterocycles. The van der Waals surface area contributed by atoms with Gasteiger partial charge in [-0.25, -0.2) is 4.39 Å². The Bertz CT molecular complexity index is 545. The Morgan fingerprint density at radius 3 is 2.21 bits per heavy atom. The monoisotopic (exact) mass is 337 g/mol. The molecule has 0 aliphatic rings. The van der Waals surface area contributed by atoms with Crippen LogP contribution < -0.4 is 10.6 Å². The van der Waals surface area contributed by atoms with E-state index in [4.69, 9.17) is 0 Å². The number of carbonyl (C=O) groups is 2. The molecule has 2 N–H and O–H groups in total. The highest BCUT2D eigenvalue weighted by molar-refractivity contribution is 5.94. The molecule has 0 aliphatic heterocycles. The Kier molecular flexibility index (Phi) is 8.40. The number of benzene rings is 1. The normalized spacial score (nSPS) is 12.3. The van der Waals surface area contributed by atoms with Crippen LogP contribution in [0.5, 0.6) is 0 Å². The summed E-state index contributed by atoms with van der Waals surface area (Å²) in [5.74, 6) is -0.890. The average Bonchev–Trinajstić information content (AvgIpc) is 2.56. The van der Waals surface area contributed by atoms with Gasteiger partial charge in [-0.3, -0.25) is 14.5 Å². The van der Waals surface area contributed by atoms with Crippen LogP contribution in [0.1, 0.15) is 38.1 Å². The van der Waals surface area contributed by atoms with Crippen LogP contribution in [0.2, 0.25) is 0 Å². The third kappa shape index (κ3) is 5.60. The molecule has 0 saturated carbocycles. The standard InChI is InChI=1S/C18H28FN3O2/c1-5-22(6-2)16(13(3)4)18(24)21-12-11-20-17(23)14-9-7-8-10-15(14)19/h7-10,13,16H,5-6,11-12H2,1-4H3,(H,20,23)(H,21,24)/t16-/m1/s1. The van der Waals surface area contributed by atoms with E-state index >= 15 is 0 Å². The Morgan fingerprint density at radius 1 is 1.08 bits per heavy atom. The van der Waals surface area contributed by atoms with Crippen molar-refractivity contribution < 1.29 is 14.0 Å². The molecule has 24 heavy (non-hydrogen) atoms. The molecule has 5 nitrogen and oxygen atoms in total. The molecule has 1 rings (SSSR count). The summed E-state index contributed by atoms with van der Waals surface area (Å²) in [6, 6.07) is 5.62. The summed E-state index contributed by atoms with van der Waals surface area (Å²) in [6.07, 6.45) is 0. The molecule has 0 radical (unpaired) electrons. The second kappa shape index (κ2) is 10.0. The number of halogens is 1. The van der Waals surface area contributed by atoms with Gasteiger partial charge in [-0.15, -0.1) is 0 Å². The van der Waals surface area contributed by atoms with Crippen molar-refractivity contribution in [3.63, 3.8) is 0 Å². The van der Waals surface area contributed by atoms with Crippen LogP contribution in [0, 0.1) is 11.7 Å². The van der Waals surface area contributed by atoms with Gasteiger partial charge in [-0.05, 0) is 31.1 Å². The molecule has 0 fully saturated rings. The third-order valence-corrected chi connectivity index (χ3v) is 3.93. The number of nitrogens with zero attached hydrogens (tertiary/aromatic N) is 1. The smallest absolute Gasteiger partial charge is 0.254 e. The first-order valence-corrected chi connectivity index (χ1v) is 8.46. The molecule has 0 aliphatic carbocycles. The van der Waals surface area contributed by atoms with Crippen molar-refractivity contribution in [1.82, 2.24) is 15.5 Å². The molecule has 0 bridgehead atoms. The van der Waals surface area contributed by atoms with Gasteiger partial charge in [0, 0.05) is 13.1 Å². The third-order valence-electron chi connectivity index (χ3n) is 3.93. The molecule has 6 heteroatoms. The maximum absolute atomic E-state index is 13.5. The van der Waals surface area contributed by atoms with Gasteiger partial charge in [0.1, 0.15) is 5.82 Å². The number of carbonyl (C=O) groups excluding carboxylic acids is 2. The first-order chi connectivity index (χ1) is 11.4. The first kappa shape index (κ1) is 20.1. The fourth-order valence-electron chi connectivity index (χ4n) is 2.71. The Balaban J connectivity index is 2.47. The van der Waals surface area contributed by atoms with Gasteiger partial charge >= 0.3 is 0 Å². The Morgan fingerprint density at radius 2 is 1.67 bits per heavy atom. The zero-order valence-electron chi connectivity index (χ0n) is 14.9. The molecule has 0 spiro atoms. The lowest BCUT2D eigenvalue weighted by atomic mass is 10.0. The summed E-state index contributed by atoms with van der Waals surface area (Å²) in [7, 11) is 0. The van der Waals surface area contributed by atoms with E-state index in [1.54, 1.807) is 6.07 Å². The lowest BCUT2D eigenvalue weighted by Crippen LogP contribution is -2.50. The molecule has 1 aromatic carbocycles. The molecule has 134 valence electrons. The summed E-state index contributed by atoms with van der Waals surface area (Å²) < 4.78 is 13.5. The van der Waals surface area contributed by atoms with Gasteiger partial charge < -0.3 is 10.6 Å². The van der Waals surface area contributed by atoms with E-state index in [9.17, 15) is 14.0 Å². The van der Waals surface area contributed by atoms with Crippen molar-refractivity contribution in [3.05, 3.63) is 35.6 Å². The number of rotatable bonds is 9. The van der Waals surface area contributed by atoms with Crippen LogP contribution in [0.4, 0.5) is 4.39 Å². The van der Waals surface area contributed by atoms with Crippen LogP contribution in [0.15, 0.2) is 24.3 Å². The van der Waals surface area contributed by atoms with Crippen molar-refractivity contribution >= 4 is 11.8 Å². The van der Waals surface area contributed by atoms with Crippen LogP contribution in [-0.2, 0) is 4.79 Å². The van der Waals surface area contributed by atoms with Gasteiger partial charge in [0.2, 0.25) is 5.91 Å². The maximum atomic E-state index is 13.5. The fraction of sp³-hybridized carbons (Fsp3) is 0.556. The van der Waals surface area contributed by atoms with Gasteiger partial charge in [-0.2, -0.15) is 0 Å². The van der Waals surface area contributed by atoms with Gasteiger partial charge in [0.25, 0.3) is 5.91 Å². The molecule has 2 amide bonds. The van der Waals surface area contributed by atoms with E-state index in [1.807, 2.05) is 27.7 Å². The predicted molar refractivity (Wildman–Crippen MR) is 93.3 cm³/mol. The van der Waals surface area contributed by atoms with Crippen LogP contribution >= 0.6 is 0 Å². The highest BCUT2D eigenvalue weighted by Gasteiger charge is 2.26. The highest BCUT2D eigenvalue weighted by atomic mass is 19.1. The van der Waals surface area contributed by atoms with Crippen molar-refractivity contribution in [3.8, 4) is 0 Å². The van der Waals surface area contributed by atoms with Crippen molar-refractivity contribution in [2.24, 2.45) is 5.92 Å². The molecule has 1 aromatic rings. The minimum absolute atomic E-state index is 0.00650. The van der Waals surface area contributed by atoms with E-state index in [0.717, 1.165) is 13.1 Å². The molecule has 0 aromatic heterocycles. The highest BCUT2D eigenvalue weighted by Crippen LogP contribution is 2.10. The molecule has 1 atom stereocenters. The van der Waals surface area contributed by atoms with Gasteiger partial charge in [0.05, 0.1) is 11.6 Å². The van der Waals surface area contributed by atoms with E-state index in [1.165, 1.54) is 18.2 Å². The van der Waals surface area contributed by atoms with E-state index < -0.39 is 11.7 Å². The molecule has 0 heterocycles. The second-order valence-corrected chi connectivity index (χ2v) is 5.94. The Labute approximate surface area is 143 Å². The summed E-state index contributed by atoms with van der Waals surface area (Å²) >= 11 is 0. The first-order valence-electron chi connectivity index (χ1n) is 8.46. The van der Waals surface area contributed by atoms with Crippen molar-refractivity contribution in [2.75, 3.05) is 26.2 Å². The average molecular weight is 337 g/mol. The number of nitrogens with one attached hydrogen (secondary N) is 2. The molecular formula is C18H28FN3O2. The topological polar surface area (TPSA) is 61.4 Å². The van der Waals surface area contributed by atoms with Crippen molar-refractivity contribution in [1.29, 1.82) is 0 Å². The number of amides is 2. The van der Waals surface area contributed by atoms with Crippen LogP contribution in [-0.4, -0.2) is 48.9 Å². The summed E-state index contributed by atoms with van der Waals surface area (Å²) in [4.78, 5) is 26.4.